The molecule has 0 fully saturated rings. The first-order valence-corrected chi connectivity index (χ1v) is 9.06. The molecule has 0 saturated heterocycles. The van der Waals surface area contributed by atoms with Crippen LogP contribution in [0.2, 0.25) is 0 Å². The predicted octanol–water partition coefficient (Wildman–Crippen LogP) is 5.01. The number of rotatable bonds is 8. The fourth-order valence-corrected chi connectivity index (χ4v) is 2.71. The highest BCUT2D eigenvalue weighted by Crippen LogP contribution is 2.29. The van der Waals surface area contributed by atoms with Gasteiger partial charge in [0.25, 0.3) is 0 Å². The number of amides is 1. The third kappa shape index (κ3) is 5.12. The van der Waals surface area contributed by atoms with E-state index in [0.29, 0.717) is 24.7 Å². The van der Waals surface area contributed by atoms with Crippen LogP contribution in [0.3, 0.4) is 0 Å². The molecule has 0 unspecified atom stereocenters. The maximum atomic E-state index is 12.3. The Morgan fingerprint density at radius 1 is 1.04 bits per heavy atom. The highest BCUT2D eigenvalue weighted by molar-refractivity contribution is 6.02. The third-order valence-electron chi connectivity index (χ3n) is 3.98. The second-order valence-electron chi connectivity index (χ2n) is 5.86. The summed E-state index contributed by atoms with van der Waals surface area (Å²) >= 11 is 0. The number of hydrogen-bond donors (Lipinski definition) is 1. The molecular formula is C22H27NO3. The summed E-state index contributed by atoms with van der Waals surface area (Å²) in [4.78, 5) is 12.3. The van der Waals surface area contributed by atoms with Crippen LogP contribution in [0.4, 0.5) is 5.69 Å². The van der Waals surface area contributed by atoms with Crippen molar-refractivity contribution >= 4 is 17.7 Å². The number of hydrogen-bond acceptors (Lipinski definition) is 3. The fraction of sp³-hybridized carbons (Fsp3) is 0.318. The average molecular weight is 353 g/mol. The molecule has 0 radical (unpaired) electrons. The highest BCUT2D eigenvalue weighted by atomic mass is 16.5. The lowest BCUT2D eigenvalue weighted by Gasteiger charge is -2.12. The summed E-state index contributed by atoms with van der Waals surface area (Å²) in [5.41, 5.74) is 3.97. The van der Waals surface area contributed by atoms with E-state index in [4.69, 9.17) is 9.47 Å². The molecule has 26 heavy (non-hydrogen) atoms. The smallest absolute Gasteiger partial charge is 0.248 e. The number of aryl methyl sites for hydroxylation is 2. The Kier molecular flexibility index (Phi) is 7.27. The summed E-state index contributed by atoms with van der Waals surface area (Å²) in [6.07, 6.45) is 4.19. The van der Waals surface area contributed by atoms with Gasteiger partial charge in [0.15, 0.2) is 11.5 Å². The topological polar surface area (TPSA) is 47.6 Å². The van der Waals surface area contributed by atoms with Crippen LogP contribution in [0.1, 0.15) is 37.5 Å². The summed E-state index contributed by atoms with van der Waals surface area (Å²) < 4.78 is 11.2. The summed E-state index contributed by atoms with van der Waals surface area (Å²) in [5.74, 6) is 1.24. The van der Waals surface area contributed by atoms with Gasteiger partial charge in [-0.2, -0.15) is 0 Å². The normalized spacial score (nSPS) is 10.8. The molecule has 0 aliphatic rings. The highest BCUT2D eigenvalue weighted by Gasteiger charge is 2.07. The van der Waals surface area contributed by atoms with Crippen LogP contribution < -0.4 is 14.8 Å². The zero-order valence-electron chi connectivity index (χ0n) is 16.0. The molecule has 0 atom stereocenters. The first-order valence-electron chi connectivity index (χ1n) is 9.06. The molecule has 2 aromatic rings. The van der Waals surface area contributed by atoms with Crippen LogP contribution in [0.25, 0.3) is 6.08 Å². The average Bonchev–Trinajstić information content (AvgIpc) is 2.64. The quantitative estimate of drug-likeness (QED) is 0.679. The number of para-hydroxylation sites is 1. The van der Waals surface area contributed by atoms with Gasteiger partial charge in [-0.25, -0.2) is 0 Å². The van der Waals surface area contributed by atoms with Crippen molar-refractivity contribution in [3.8, 4) is 11.5 Å². The molecule has 0 heterocycles. The number of anilines is 1. The van der Waals surface area contributed by atoms with Crippen molar-refractivity contribution in [2.75, 3.05) is 18.5 Å². The molecule has 4 nitrogen and oxygen atoms in total. The van der Waals surface area contributed by atoms with Crippen molar-refractivity contribution < 1.29 is 14.3 Å². The van der Waals surface area contributed by atoms with E-state index in [1.54, 1.807) is 6.08 Å². The zero-order valence-corrected chi connectivity index (χ0v) is 16.0. The van der Waals surface area contributed by atoms with Crippen LogP contribution in [0.5, 0.6) is 11.5 Å². The molecule has 0 aliphatic carbocycles. The molecule has 1 amide bonds. The molecule has 4 heteroatoms. The lowest BCUT2D eigenvalue weighted by molar-refractivity contribution is -0.111. The molecule has 1 N–H and O–H groups in total. The van der Waals surface area contributed by atoms with Crippen LogP contribution >= 0.6 is 0 Å². The number of carbonyl (C=O) groups excluding carboxylic acids is 1. The van der Waals surface area contributed by atoms with Gasteiger partial charge in [0.2, 0.25) is 5.91 Å². The Bertz CT molecular complexity index is 781. The van der Waals surface area contributed by atoms with Crippen molar-refractivity contribution in [1.29, 1.82) is 0 Å². The monoisotopic (exact) mass is 353 g/mol. The second-order valence-corrected chi connectivity index (χ2v) is 5.86. The molecule has 0 aliphatic heterocycles. The Hall–Kier alpha value is -2.75. The van der Waals surface area contributed by atoms with Crippen molar-refractivity contribution in [2.24, 2.45) is 0 Å². The van der Waals surface area contributed by atoms with E-state index in [1.807, 2.05) is 57.2 Å². The molecule has 0 spiro atoms. The van der Waals surface area contributed by atoms with E-state index < -0.39 is 0 Å². The van der Waals surface area contributed by atoms with Gasteiger partial charge >= 0.3 is 0 Å². The SMILES string of the molecule is CCOc1ccc(C=CC(=O)Nc2c(C)cccc2CC)cc1OCC. The van der Waals surface area contributed by atoms with Crippen LogP contribution in [-0.4, -0.2) is 19.1 Å². The molecule has 0 saturated carbocycles. The molecule has 138 valence electrons. The maximum absolute atomic E-state index is 12.3. The van der Waals surface area contributed by atoms with Crippen molar-refractivity contribution in [3.63, 3.8) is 0 Å². The zero-order chi connectivity index (χ0) is 18.9. The van der Waals surface area contributed by atoms with Gasteiger partial charge in [-0.1, -0.05) is 31.2 Å². The number of nitrogens with one attached hydrogen (secondary N) is 1. The maximum Gasteiger partial charge on any atom is 0.248 e. The standard InChI is InChI=1S/C22H27NO3/c1-5-18-10-8-9-16(4)22(18)23-21(24)14-12-17-11-13-19(25-6-2)20(15-17)26-7-3/h8-15H,5-7H2,1-4H3,(H,23,24). The van der Waals surface area contributed by atoms with Gasteiger partial charge < -0.3 is 14.8 Å². The largest absolute Gasteiger partial charge is 0.490 e. The van der Waals surface area contributed by atoms with E-state index in [0.717, 1.165) is 28.8 Å². The first kappa shape index (κ1) is 19.6. The van der Waals surface area contributed by atoms with Gasteiger partial charge in [-0.15, -0.1) is 0 Å². The Morgan fingerprint density at radius 2 is 1.77 bits per heavy atom. The molecule has 2 rings (SSSR count). The summed E-state index contributed by atoms with van der Waals surface area (Å²) in [7, 11) is 0. The predicted molar refractivity (Wildman–Crippen MR) is 107 cm³/mol. The van der Waals surface area contributed by atoms with Gasteiger partial charge in [0.1, 0.15) is 0 Å². The Morgan fingerprint density at radius 3 is 2.46 bits per heavy atom. The molecular weight excluding hydrogens is 326 g/mol. The Balaban J connectivity index is 2.14. The van der Waals surface area contributed by atoms with Gasteiger partial charge in [-0.05, 0) is 62.1 Å². The van der Waals surface area contributed by atoms with E-state index in [9.17, 15) is 4.79 Å². The van der Waals surface area contributed by atoms with Crippen molar-refractivity contribution in [1.82, 2.24) is 0 Å². The molecule has 0 bridgehead atoms. The Labute approximate surface area is 155 Å². The summed E-state index contributed by atoms with van der Waals surface area (Å²) in [6, 6.07) is 11.7. The minimum atomic E-state index is -0.152. The molecule has 0 aromatic heterocycles. The van der Waals surface area contributed by atoms with Crippen LogP contribution in [0.15, 0.2) is 42.5 Å². The minimum absolute atomic E-state index is 0.152. The van der Waals surface area contributed by atoms with Crippen LogP contribution in [0, 0.1) is 6.92 Å². The summed E-state index contributed by atoms with van der Waals surface area (Å²) in [5, 5.41) is 2.99. The fourth-order valence-electron chi connectivity index (χ4n) is 2.71. The van der Waals surface area contributed by atoms with Gasteiger partial charge in [0.05, 0.1) is 13.2 Å². The third-order valence-corrected chi connectivity index (χ3v) is 3.98. The second kappa shape index (κ2) is 9.66. The summed E-state index contributed by atoms with van der Waals surface area (Å²) in [6.45, 7) is 9.08. The van der Waals surface area contributed by atoms with Crippen molar-refractivity contribution in [3.05, 3.63) is 59.2 Å². The lowest BCUT2D eigenvalue weighted by atomic mass is 10.1. The van der Waals surface area contributed by atoms with Gasteiger partial charge in [-0.3, -0.25) is 4.79 Å². The molecule has 2 aromatic carbocycles. The van der Waals surface area contributed by atoms with Gasteiger partial charge in [0, 0.05) is 11.8 Å². The van der Waals surface area contributed by atoms with Crippen molar-refractivity contribution in [2.45, 2.75) is 34.1 Å². The van der Waals surface area contributed by atoms with Crippen LogP contribution in [-0.2, 0) is 11.2 Å². The number of carbonyl (C=O) groups is 1. The van der Waals surface area contributed by atoms with E-state index in [1.165, 1.54) is 6.08 Å². The van der Waals surface area contributed by atoms with E-state index >= 15 is 0 Å². The number of ether oxygens (including phenoxy) is 2. The lowest BCUT2D eigenvalue weighted by Crippen LogP contribution is -2.11. The minimum Gasteiger partial charge on any atom is -0.490 e. The number of benzene rings is 2. The van der Waals surface area contributed by atoms with E-state index in [2.05, 4.69) is 12.2 Å². The van der Waals surface area contributed by atoms with E-state index in [-0.39, 0.29) is 5.91 Å². The first-order chi connectivity index (χ1) is 12.6.